The van der Waals surface area contributed by atoms with Gasteiger partial charge in [-0.05, 0) is 35.8 Å². The molecule has 0 unspecified atom stereocenters. The quantitative estimate of drug-likeness (QED) is 0.410. The van der Waals surface area contributed by atoms with E-state index in [0.717, 1.165) is 0 Å². The van der Waals surface area contributed by atoms with Crippen molar-refractivity contribution in [3.63, 3.8) is 0 Å². The molecule has 0 aliphatic rings. The van der Waals surface area contributed by atoms with Crippen LogP contribution in [0.2, 0.25) is 0 Å². The summed E-state index contributed by atoms with van der Waals surface area (Å²) in [6, 6.07) is 22.4. The van der Waals surface area contributed by atoms with Crippen molar-refractivity contribution in [3.05, 3.63) is 71.8 Å². The number of hydrogen-bond acceptors (Lipinski definition) is 0. The highest BCUT2D eigenvalue weighted by Crippen LogP contribution is 2.42. The predicted octanol–water partition coefficient (Wildman–Crippen LogP) is 7.77. The summed E-state index contributed by atoms with van der Waals surface area (Å²) in [5.74, 6) is 0. The first-order valence-corrected chi connectivity index (χ1v) is 10.1. The van der Waals surface area contributed by atoms with Crippen LogP contribution in [0.5, 0.6) is 0 Å². The van der Waals surface area contributed by atoms with Gasteiger partial charge in [0.1, 0.15) is 0 Å². The van der Waals surface area contributed by atoms with E-state index in [1.165, 1.54) is 56.1 Å². The maximum atomic E-state index is 2.35. The van der Waals surface area contributed by atoms with Crippen LogP contribution < -0.4 is 0 Å². The Morgan fingerprint density at radius 2 is 1.04 bits per heavy atom. The Balaban J connectivity index is 2.30. The van der Waals surface area contributed by atoms with Crippen LogP contribution in [0.15, 0.2) is 60.7 Å². The zero-order valence-electron chi connectivity index (χ0n) is 16.7. The van der Waals surface area contributed by atoms with E-state index in [0.29, 0.717) is 5.41 Å². The molecule has 0 spiro atoms. The van der Waals surface area contributed by atoms with E-state index in [2.05, 4.69) is 88.4 Å². The fraction of sp³-hybridized carbons (Fsp3) is 0.520. The molecular weight excluding hydrogens is 300 g/mol. The normalized spacial score (nSPS) is 12.3. The lowest BCUT2D eigenvalue weighted by Crippen LogP contribution is -2.28. The summed E-state index contributed by atoms with van der Waals surface area (Å²) in [6.07, 6.45) is 8.94. The van der Waals surface area contributed by atoms with E-state index in [1.54, 1.807) is 0 Å². The topological polar surface area (TPSA) is 0 Å². The summed E-state index contributed by atoms with van der Waals surface area (Å²) in [6.45, 7) is 9.36. The molecule has 0 heteroatoms. The Kier molecular flexibility index (Phi) is 7.29. The van der Waals surface area contributed by atoms with E-state index in [4.69, 9.17) is 0 Å². The Morgan fingerprint density at radius 3 is 1.48 bits per heavy atom. The average molecular weight is 337 g/mol. The molecule has 0 heterocycles. The summed E-state index contributed by atoms with van der Waals surface area (Å²) >= 11 is 0. The highest BCUT2D eigenvalue weighted by Gasteiger charge is 2.33. The zero-order chi connectivity index (χ0) is 18.2. The van der Waals surface area contributed by atoms with Crippen molar-refractivity contribution in [2.75, 3.05) is 0 Å². The minimum atomic E-state index is 0.163. The van der Waals surface area contributed by atoms with Gasteiger partial charge in [-0.25, -0.2) is 0 Å². The van der Waals surface area contributed by atoms with E-state index in [-0.39, 0.29) is 5.41 Å². The molecule has 0 aliphatic carbocycles. The molecule has 0 nitrogen and oxygen atoms in total. The standard InChI is InChI=1S/C25H36/c1-5-6-20-25(22-15-9-7-10-16-22,23-17-11-8-12-18-23)21-14-13-19-24(2,3)4/h7-12,15-18H,5-6,13-14,19-21H2,1-4H3. The molecule has 0 aromatic heterocycles. The van der Waals surface area contributed by atoms with Crippen LogP contribution in [0.1, 0.15) is 83.8 Å². The summed E-state index contributed by atoms with van der Waals surface area (Å²) in [4.78, 5) is 0. The molecule has 0 N–H and O–H groups in total. The molecule has 0 amide bonds. The van der Waals surface area contributed by atoms with Crippen molar-refractivity contribution < 1.29 is 0 Å². The molecule has 0 fully saturated rings. The average Bonchev–Trinajstić information content (AvgIpc) is 2.62. The van der Waals surface area contributed by atoms with Crippen LogP contribution in [0, 0.1) is 5.41 Å². The van der Waals surface area contributed by atoms with E-state index in [1.807, 2.05) is 0 Å². The summed E-state index contributed by atoms with van der Waals surface area (Å²) in [5, 5.41) is 0. The molecule has 2 rings (SSSR count). The highest BCUT2D eigenvalue weighted by atomic mass is 14.4. The molecule has 0 aliphatic heterocycles. The van der Waals surface area contributed by atoms with Gasteiger partial charge in [0.05, 0.1) is 0 Å². The van der Waals surface area contributed by atoms with Crippen molar-refractivity contribution in [1.82, 2.24) is 0 Å². The smallest absolute Gasteiger partial charge is 0.0202 e. The third-order valence-corrected chi connectivity index (χ3v) is 5.39. The van der Waals surface area contributed by atoms with Gasteiger partial charge in [0.2, 0.25) is 0 Å². The number of unbranched alkanes of at least 4 members (excludes halogenated alkanes) is 2. The van der Waals surface area contributed by atoms with Crippen molar-refractivity contribution in [2.45, 2.75) is 78.1 Å². The van der Waals surface area contributed by atoms with Crippen LogP contribution in [0.25, 0.3) is 0 Å². The second-order valence-electron chi connectivity index (χ2n) is 8.69. The third-order valence-electron chi connectivity index (χ3n) is 5.39. The maximum absolute atomic E-state index is 2.35. The molecule has 136 valence electrons. The van der Waals surface area contributed by atoms with Crippen LogP contribution in [0.4, 0.5) is 0 Å². The molecule has 2 aromatic carbocycles. The maximum Gasteiger partial charge on any atom is 0.0202 e. The van der Waals surface area contributed by atoms with Gasteiger partial charge >= 0.3 is 0 Å². The molecule has 25 heavy (non-hydrogen) atoms. The minimum Gasteiger partial charge on any atom is -0.0654 e. The first kappa shape index (κ1) is 19.8. The van der Waals surface area contributed by atoms with Crippen molar-refractivity contribution in [1.29, 1.82) is 0 Å². The first-order chi connectivity index (χ1) is 12.0. The summed E-state index contributed by atoms with van der Waals surface area (Å²) < 4.78 is 0. The SMILES string of the molecule is CCCCC(CCCCC(C)(C)C)(c1ccccc1)c1ccccc1. The van der Waals surface area contributed by atoms with Gasteiger partial charge in [0.25, 0.3) is 0 Å². The lowest BCUT2D eigenvalue weighted by atomic mass is 9.68. The number of rotatable bonds is 9. The van der Waals surface area contributed by atoms with Crippen molar-refractivity contribution >= 4 is 0 Å². The molecular formula is C25H36. The summed E-state index contributed by atoms with van der Waals surface area (Å²) in [5.41, 5.74) is 3.58. The number of benzene rings is 2. The predicted molar refractivity (Wildman–Crippen MR) is 111 cm³/mol. The highest BCUT2D eigenvalue weighted by molar-refractivity contribution is 5.39. The second-order valence-corrected chi connectivity index (χ2v) is 8.69. The van der Waals surface area contributed by atoms with E-state index >= 15 is 0 Å². The Bertz CT molecular complexity index is 549. The molecule has 2 aromatic rings. The molecule has 0 atom stereocenters. The molecule has 0 saturated carbocycles. The molecule has 0 saturated heterocycles. The largest absolute Gasteiger partial charge is 0.0654 e. The van der Waals surface area contributed by atoms with Gasteiger partial charge in [-0.2, -0.15) is 0 Å². The molecule has 0 bridgehead atoms. The van der Waals surface area contributed by atoms with Crippen molar-refractivity contribution in [3.8, 4) is 0 Å². The van der Waals surface area contributed by atoms with Gasteiger partial charge < -0.3 is 0 Å². The lowest BCUT2D eigenvalue weighted by molar-refractivity contribution is 0.336. The van der Waals surface area contributed by atoms with Gasteiger partial charge in [0.15, 0.2) is 0 Å². The number of hydrogen-bond donors (Lipinski definition) is 0. The van der Waals surface area contributed by atoms with Gasteiger partial charge in [-0.3, -0.25) is 0 Å². The van der Waals surface area contributed by atoms with E-state index < -0.39 is 0 Å². The zero-order valence-corrected chi connectivity index (χ0v) is 16.7. The monoisotopic (exact) mass is 336 g/mol. The van der Waals surface area contributed by atoms with E-state index in [9.17, 15) is 0 Å². The Morgan fingerprint density at radius 1 is 0.600 bits per heavy atom. The van der Waals surface area contributed by atoms with Gasteiger partial charge in [-0.15, -0.1) is 0 Å². The third kappa shape index (κ3) is 5.73. The van der Waals surface area contributed by atoms with Crippen LogP contribution in [-0.4, -0.2) is 0 Å². The Hall–Kier alpha value is -1.56. The summed E-state index contributed by atoms with van der Waals surface area (Å²) in [7, 11) is 0. The molecule has 0 radical (unpaired) electrons. The van der Waals surface area contributed by atoms with Gasteiger partial charge in [0, 0.05) is 5.41 Å². The van der Waals surface area contributed by atoms with Crippen LogP contribution in [0.3, 0.4) is 0 Å². The van der Waals surface area contributed by atoms with Crippen LogP contribution >= 0.6 is 0 Å². The fourth-order valence-corrected chi connectivity index (χ4v) is 3.94. The Labute approximate surface area is 155 Å². The van der Waals surface area contributed by atoms with Gasteiger partial charge in [-0.1, -0.05) is 114 Å². The second kappa shape index (κ2) is 9.22. The van der Waals surface area contributed by atoms with Crippen molar-refractivity contribution in [2.24, 2.45) is 5.41 Å². The minimum absolute atomic E-state index is 0.163. The lowest BCUT2D eigenvalue weighted by Gasteiger charge is -2.36. The van der Waals surface area contributed by atoms with Crippen LogP contribution in [-0.2, 0) is 5.41 Å². The first-order valence-electron chi connectivity index (χ1n) is 10.1. The fourth-order valence-electron chi connectivity index (χ4n) is 3.94.